The van der Waals surface area contributed by atoms with Crippen LogP contribution in [0.3, 0.4) is 0 Å². The molecule has 0 saturated carbocycles. The Kier molecular flexibility index (Phi) is 7.66. The lowest BCUT2D eigenvalue weighted by atomic mass is 10.00. The van der Waals surface area contributed by atoms with Gasteiger partial charge in [0.2, 0.25) is 11.8 Å². The second-order valence-corrected chi connectivity index (χ2v) is 12.6. The third kappa shape index (κ3) is 6.00. The number of hydrogen-bond acceptors (Lipinski definition) is 7. The summed E-state index contributed by atoms with van der Waals surface area (Å²) < 4.78 is 36.0. The molecule has 3 aromatic carbocycles. The number of aromatic nitrogens is 2. The summed E-state index contributed by atoms with van der Waals surface area (Å²) in [6.07, 6.45) is 0.353. The van der Waals surface area contributed by atoms with E-state index in [4.69, 9.17) is 4.74 Å². The van der Waals surface area contributed by atoms with E-state index in [2.05, 4.69) is 31.7 Å². The summed E-state index contributed by atoms with van der Waals surface area (Å²) in [6.45, 7) is 6.90. The van der Waals surface area contributed by atoms with Crippen LogP contribution in [0.4, 0.5) is 5.95 Å². The van der Waals surface area contributed by atoms with Gasteiger partial charge in [0, 0.05) is 43.4 Å². The van der Waals surface area contributed by atoms with Crippen molar-refractivity contribution >= 4 is 21.9 Å². The first-order valence-electron chi connectivity index (χ1n) is 14.1. The normalized spacial score (nSPS) is 18.8. The summed E-state index contributed by atoms with van der Waals surface area (Å²) in [5, 5.41) is 0. The van der Waals surface area contributed by atoms with Crippen molar-refractivity contribution in [3.05, 3.63) is 101 Å². The van der Waals surface area contributed by atoms with Crippen molar-refractivity contribution in [2.45, 2.75) is 37.8 Å². The molecule has 216 valence electrons. The fourth-order valence-corrected chi connectivity index (χ4v) is 6.70. The van der Waals surface area contributed by atoms with Crippen molar-refractivity contribution < 1.29 is 17.9 Å². The summed E-state index contributed by atoms with van der Waals surface area (Å²) in [4.78, 5) is 26.9. The number of carbonyl (C=O) groups excluding carboxylic acids is 1. The van der Waals surface area contributed by atoms with Crippen LogP contribution in [0.2, 0.25) is 0 Å². The monoisotopic (exact) mass is 583 g/mol. The molecule has 2 aliphatic rings. The van der Waals surface area contributed by atoms with Crippen molar-refractivity contribution in [3.63, 3.8) is 0 Å². The molecule has 0 spiro atoms. The zero-order valence-electron chi connectivity index (χ0n) is 23.7. The third-order valence-corrected chi connectivity index (χ3v) is 8.99. The average Bonchev–Trinajstić information content (AvgIpc) is 2.95. The summed E-state index contributed by atoms with van der Waals surface area (Å²) in [6, 6.07) is 24.1. The standard InChI is InChI=1S/C32H33N5O4S/c1-22-9-6-10-23(2)30(22)28-18-29-34-32(33-28)35-42(39,40)27-14-7-13-25(17-27)31(38)37-16-8-15-36(20-26(21-37)41-29)19-24-11-4-3-5-12-24/h3-7,9-14,17-18,26H,8,15-16,19-21H2,1-2H3,(H,33,34,35). The minimum absolute atomic E-state index is 0.0335. The maximum atomic E-state index is 13.7. The van der Waals surface area contributed by atoms with Crippen LogP contribution in [-0.4, -0.2) is 66.4 Å². The van der Waals surface area contributed by atoms with Gasteiger partial charge >= 0.3 is 0 Å². The van der Waals surface area contributed by atoms with Gasteiger partial charge in [0.15, 0.2) is 0 Å². The lowest BCUT2D eigenvalue weighted by Crippen LogP contribution is -2.48. The number of rotatable bonds is 3. The van der Waals surface area contributed by atoms with Gasteiger partial charge in [-0.2, -0.15) is 4.98 Å². The van der Waals surface area contributed by atoms with Gasteiger partial charge in [-0.25, -0.2) is 18.1 Å². The Hall–Kier alpha value is -4.28. The number of sulfonamides is 1. The molecule has 6 rings (SSSR count). The Morgan fingerprint density at radius 2 is 1.67 bits per heavy atom. The first-order valence-corrected chi connectivity index (χ1v) is 15.5. The largest absolute Gasteiger partial charge is 0.471 e. The molecule has 1 saturated heterocycles. The van der Waals surface area contributed by atoms with E-state index in [0.29, 0.717) is 30.9 Å². The van der Waals surface area contributed by atoms with E-state index in [-0.39, 0.29) is 22.6 Å². The van der Waals surface area contributed by atoms with Crippen LogP contribution in [0.15, 0.2) is 83.8 Å². The molecule has 1 N–H and O–H groups in total. The van der Waals surface area contributed by atoms with Gasteiger partial charge < -0.3 is 9.64 Å². The summed E-state index contributed by atoms with van der Waals surface area (Å²) in [7, 11) is -4.09. The van der Waals surface area contributed by atoms with Crippen LogP contribution in [0.5, 0.6) is 5.88 Å². The van der Waals surface area contributed by atoms with Gasteiger partial charge in [0.25, 0.3) is 15.9 Å². The summed E-state index contributed by atoms with van der Waals surface area (Å²) in [5.41, 5.74) is 4.94. The Bertz CT molecular complexity index is 1710. The number of fused-ring (bicyclic) bond motifs is 6. The van der Waals surface area contributed by atoms with E-state index >= 15 is 0 Å². The molecule has 9 nitrogen and oxygen atoms in total. The topological polar surface area (TPSA) is 105 Å². The molecular formula is C32H33N5O4S. The molecule has 0 aliphatic carbocycles. The van der Waals surface area contributed by atoms with Crippen molar-refractivity contribution in [2.24, 2.45) is 0 Å². The number of hydrogen-bond donors (Lipinski definition) is 1. The molecule has 0 radical (unpaired) electrons. The van der Waals surface area contributed by atoms with Gasteiger partial charge in [0.1, 0.15) is 6.10 Å². The predicted octanol–water partition coefficient (Wildman–Crippen LogP) is 4.67. The summed E-state index contributed by atoms with van der Waals surface area (Å²) in [5.74, 6) is -0.0839. The van der Waals surface area contributed by atoms with Crippen molar-refractivity contribution in [3.8, 4) is 17.1 Å². The van der Waals surface area contributed by atoms with Gasteiger partial charge in [-0.05, 0) is 55.2 Å². The highest BCUT2D eigenvalue weighted by Crippen LogP contribution is 2.30. The van der Waals surface area contributed by atoms with Crippen molar-refractivity contribution in [1.29, 1.82) is 0 Å². The number of nitrogens with one attached hydrogen (secondary N) is 1. The maximum absolute atomic E-state index is 13.7. The third-order valence-electron chi connectivity index (χ3n) is 7.67. The molecule has 10 heteroatoms. The second kappa shape index (κ2) is 11.5. The van der Waals surface area contributed by atoms with E-state index in [1.165, 1.54) is 17.7 Å². The Balaban J connectivity index is 1.45. The van der Waals surface area contributed by atoms with Crippen LogP contribution in [0, 0.1) is 13.8 Å². The van der Waals surface area contributed by atoms with E-state index < -0.39 is 16.1 Å². The number of benzene rings is 3. The van der Waals surface area contributed by atoms with Crippen LogP contribution in [-0.2, 0) is 16.6 Å². The smallest absolute Gasteiger partial charge is 0.264 e. The lowest BCUT2D eigenvalue weighted by Gasteiger charge is -2.35. The number of ether oxygens (including phenoxy) is 1. The minimum Gasteiger partial charge on any atom is -0.471 e. The van der Waals surface area contributed by atoms with Crippen molar-refractivity contribution in [2.75, 3.05) is 30.9 Å². The number of carbonyl (C=O) groups is 1. The molecule has 1 atom stereocenters. The Morgan fingerprint density at radius 1 is 0.905 bits per heavy atom. The predicted molar refractivity (Wildman–Crippen MR) is 161 cm³/mol. The highest BCUT2D eigenvalue weighted by Gasteiger charge is 2.29. The van der Waals surface area contributed by atoms with Crippen LogP contribution in [0.25, 0.3) is 11.3 Å². The SMILES string of the molecule is Cc1cccc(C)c1-c1cc2nc(n1)NS(=O)(=O)c1cccc(c1)C(=O)N1CCCN(Cc3ccccc3)CC(C1)O2. The molecule has 1 fully saturated rings. The van der Waals surface area contributed by atoms with Crippen LogP contribution >= 0.6 is 0 Å². The fourth-order valence-electron chi connectivity index (χ4n) is 5.71. The van der Waals surface area contributed by atoms with E-state index in [1.54, 1.807) is 23.1 Å². The molecule has 1 unspecified atom stereocenters. The zero-order chi connectivity index (χ0) is 29.3. The van der Waals surface area contributed by atoms with Crippen LogP contribution < -0.4 is 9.46 Å². The minimum atomic E-state index is -4.09. The maximum Gasteiger partial charge on any atom is 0.264 e. The summed E-state index contributed by atoms with van der Waals surface area (Å²) >= 11 is 0. The van der Waals surface area contributed by atoms with Crippen LogP contribution in [0.1, 0.15) is 33.5 Å². The number of amides is 1. The van der Waals surface area contributed by atoms with Gasteiger partial charge in [-0.1, -0.05) is 54.6 Å². The number of aryl methyl sites for hydroxylation is 2. The first kappa shape index (κ1) is 27.9. The Labute approximate surface area is 246 Å². The highest BCUT2D eigenvalue weighted by molar-refractivity contribution is 7.92. The van der Waals surface area contributed by atoms with E-state index in [9.17, 15) is 13.2 Å². The first-order chi connectivity index (χ1) is 20.2. The van der Waals surface area contributed by atoms with Gasteiger partial charge in [-0.15, -0.1) is 0 Å². The molecule has 4 aromatic rings. The lowest BCUT2D eigenvalue weighted by molar-refractivity contribution is 0.0472. The Morgan fingerprint density at radius 3 is 2.45 bits per heavy atom. The quantitative estimate of drug-likeness (QED) is 0.374. The van der Waals surface area contributed by atoms with E-state index in [0.717, 1.165) is 36.2 Å². The molecule has 1 amide bonds. The van der Waals surface area contributed by atoms with E-state index in [1.807, 2.05) is 50.2 Å². The second-order valence-electron chi connectivity index (χ2n) is 10.9. The zero-order valence-corrected chi connectivity index (χ0v) is 24.5. The molecule has 2 aliphatic heterocycles. The molecule has 42 heavy (non-hydrogen) atoms. The highest BCUT2D eigenvalue weighted by atomic mass is 32.2. The fraction of sp³-hybridized carbons (Fsp3) is 0.281. The van der Waals surface area contributed by atoms with Crippen molar-refractivity contribution in [1.82, 2.24) is 19.8 Å². The molecule has 1 aromatic heterocycles. The average molecular weight is 584 g/mol. The molecule has 6 bridgehead atoms. The van der Waals surface area contributed by atoms with Gasteiger partial charge in [-0.3, -0.25) is 9.69 Å². The molecular weight excluding hydrogens is 550 g/mol. The van der Waals surface area contributed by atoms with Gasteiger partial charge in [0.05, 0.1) is 17.1 Å². The molecule has 3 heterocycles. The number of nitrogens with zero attached hydrogens (tertiary/aromatic N) is 4. The number of anilines is 1.